The molecule has 0 saturated carbocycles. The van der Waals surface area contributed by atoms with Crippen LogP contribution in [-0.4, -0.2) is 24.7 Å². The van der Waals surface area contributed by atoms with Gasteiger partial charge in [-0.1, -0.05) is 13.0 Å². The molecule has 0 saturated heterocycles. The Labute approximate surface area is 111 Å². The largest absolute Gasteiger partial charge is 0.484 e. The van der Waals surface area contributed by atoms with Gasteiger partial charge < -0.3 is 9.47 Å². The van der Waals surface area contributed by atoms with E-state index in [1.165, 1.54) is 6.07 Å². The molecule has 0 fully saturated rings. The quantitative estimate of drug-likeness (QED) is 0.316. The minimum Gasteiger partial charge on any atom is -0.484 e. The molecule has 6 heteroatoms. The fourth-order valence-corrected chi connectivity index (χ4v) is 1.53. The Kier molecular flexibility index (Phi) is 6.46. The van der Waals surface area contributed by atoms with Crippen LogP contribution >= 0.6 is 11.6 Å². The number of halogens is 1. The van der Waals surface area contributed by atoms with Gasteiger partial charge in [0.05, 0.1) is 11.5 Å². The number of ether oxygens (including phenoxy) is 2. The maximum Gasteiger partial charge on any atom is 0.310 e. The molecule has 1 aromatic carbocycles. The minimum absolute atomic E-state index is 0.0561. The van der Waals surface area contributed by atoms with E-state index in [-0.39, 0.29) is 18.0 Å². The lowest BCUT2D eigenvalue weighted by Crippen LogP contribution is -2.08. The Balaban J connectivity index is 2.63. The number of hydrogen-bond acceptors (Lipinski definition) is 4. The van der Waals surface area contributed by atoms with E-state index < -0.39 is 4.92 Å². The number of nitrogens with zero attached hydrogens (tertiary/aromatic N) is 1. The summed E-state index contributed by atoms with van der Waals surface area (Å²) in [5.74, 6) is 0.527. The summed E-state index contributed by atoms with van der Waals surface area (Å²) in [5, 5.41) is 10.8. The Morgan fingerprint density at radius 2 is 2.11 bits per heavy atom. The SMILES string of the molecule is CCCOCCOc1cc(CCl)ccc1[N+](=O)[O-]. The smallest absolute Gasteiger partial charge is 0.310 e. The van der Waals surface area contributed by atoms with Crippen molar-refractivity contribution in [2.45, 2.75) is 19.2 Å². The molecule has 0 atom stereocenters. The highest BCUT2D eigenvalue weighted by Gasteiger charge is 2.15. The summed E-state index contributed by atoms with van der Waals surface area (Å²) >= 11 is 5.68. The van der Waals surface area contributed by atoms with E-state index in [1.54, 1.807) is 12.1 Å². The monoisotopic (exact) mass is 273 g/mol. The molecule has 0 unspecified atom stereocenters. The zero-order valence-electron chi connectivity index (χ0n) is 10.2. The number of hydrogen-bond donors (Lipinski definition) is 0. The third kappa shape index (κ3) is 4.50. The average Bonchev–Trinajstić information content (AvgIpc) is 2.38. The molecular weight excluding hydrogens is 258 g/mol. The van der Waals surface area contributed by atoms with Crippen LogP contribution in [0.2, 0.25) is 0 Å². The van der Waals surface area contributed by atoms with Crippen LogP contribution in [0.1, 0.15) is 18.9 Å². The molecule has 18 heavy (non-hydrogen) atoms. The molecule has 0 amide bonds. The van der Waals surface area contributed by atoms with Gasteiger partial charge in [0, 0.05) is 18.6 Å². The van der Waals surface area contributed by atoms with Crippen LogP contribution in [0.3, 0.4) is 0 Å². The van der Waals surface area contributed by atoms with Crippen LogP contribution in [0.25, 0.3) is 0 Å². The lowest BCUT2D eigenvalue weighted by atomic mass is 10.2. The van der Waals surface area contributed by atoms with Crippen molar-refractivity contribution < 1.29 is 14.4 Å². The Hall–Kier alpha value is -1.33. The number of nitro benzene ring substituents is 1. The van der Waals surface area contributed by atoms with Gasteiger partial charge >= 0.3 is 5.69 Å². The van der Waals surface area contributed by atoms with E-state index >= 15 is 0 Å². The molecule has 0 radical (unpaired) electrons. The molecule has 0 heterocycles. The van der Waals surface area contributed by atoms with Gasteiger partial charge in [0.15, 0.2) is 5.75 Å². The van der Waals surface area contributed by atoms with Crippen LogP contribution in [0.15, 0.2) is 18.2 Å². The Morgan fingerprint density at radius 1 is 1.33 bits per heavy atom. The molecule has 1 rings (SSSR count). The summed E-state index contributed by atoms with van der Waals surface area (Å²) in [7, 11) is 0. The summed E-state index contributed by atoms with van der Waals surface area (Å²) < 4.78 is 10.6. The number of nitro groups is 1. The topological polar surface area (TPSA) is 61.6 Å². The molecule has 100 valence electrons. The third-order valence-corrected chi connectivity index (χ3v) is 2.52. The van der Waals surface area contributed by atoms with Gasteiger partial charge in [-0.05, 0) is 18.1 Å². The van der Waals surface area contributed by atoms with Crippen LogP contribution in [0.4, 0.5) is 5.69 Å². The van der Waals surface area contributed by atoms with Gasteiger partial charge in [-0.25, -0.2) is 0 Å². The van der Waals surface area contributed by atoms with Crippen molar-refractivity contribution in [3.05, 3.63) is 33.9 Å². The third-order valence-electron chi connectivity index (χ3n) is 2.21. The van der Waals surface area contributed by atoms with Gasteiger partial charge in [0.1, 0.15) is 6.61 Å². The summed E-state index contributed by atoms with van der Waals surface area (Å²) in [4.78, 5) is 10.3. The maximum absolute atomic E-state index is 10.8. The van der Waals surface area contributed by atoms with E-state index in [9.17, 15) is 10.1 Å². The summed E-state index contributed by atoms with van der Waals surface area (Å²) in [6.07, 6.45) is 0.932. The second-order valence-electron chi connectivity index (χ2n) is 3.65. The summed E-state index contributed by atoms with van der Waals surface area (Å²) in [6.45, 7) is 3.37. The highest BCUT2D eigenvalue weighted by Crippen LogP contribution is 2.28. The summed E-state index contributed by atoms with van der Waals surface area (Å²) in [6, 6.07) is 4.61. The van der Waals surface area contributed by atoms with E-state index in [4.69, 9.17) is 21.1 Å². The fourth-order valence-electron chi connectivity index (χ4n) is 1.37. The molecule has 0 aliphatic rings. The van der Waals surface area contributed by atoms with Crippen molar-refractivity contribution in [1.82, 2.24) is 0 Å². The van der Waals surface area contributed by atoms with E-state index in [0.29, 0.717) is 19.1 Å². The molecule has 0 aliphatic heterocycles. The molecule has 1 aromatic rings. The molecule has 0 aliphatic carbocycles. The average molecular weight is 274 g/mol. The van der Waals surface area contributed by atoms with E-state index in [0.717, 1.165) is 12.0 Å². The van der Waals surface area contributed by atoms with Gasteiger partial charge in [-0.3, -0.25) is 10.1 Å². The zero-order valence-corrected chi connectivity index (χ0v) is 11.0. The fraction of sp³-hybridized carbons (Fsp3) is 0.500. The Morgan fingerprint density at radius 3 is 2.72 bits per heavy atom. The van der Waals surface area contributed by atoms with Gasteiger partial charge in [-0.2, -0.15) is 0 Å². The number of rotatable bonds is 8. The predicted molar refractivity (Wildman–Crippen MR) is 69.3 cm³/mol. The van der Waals surface area contributed by atoms with Crippen molar-refractivity contribution >= 4 is 17.3 Å². The van der Waals surface area contributed by atoms with E-state index in [1.807, 2.05) is 6.92 Å². The Bertz CT molecular complexity index is 398. The van der Waals surface area contributed by atoms with Crippen LogP contribution in [0, 0.1) is 10.1 Å². The first-order valence-corrected chi connectivity index (χ1v) is 6.26. The lowest BCUT2D eigenvalue weighted by molar-refractivity contribution is -0.385. The normalized spacial score (nSPS) is 10.3. The summed E-state index contributed by atoms with van der Waals surface area (Å²) in [5.41, 5.74) is 0.728. The van der Waals surface area contributed by atoms with Crippen molar-refractivity contribution in [3.63, 3.8) is 0 Å². The first-order chi connectivity index (χ1) is 8.69. The van der Waals surface area contributed by atoms with Gasteiger partial charge in [0.2, 0.25) is 0 Å². The minimum atomic E-state index is -0.472. The number of benzene rings is 1. The molecule has 0 N–H and O–H groups in total. The molecule has 0 aromatic heterocycles. The highest BCUT2D eigenvalue weighted by atomic mass is 35.5. The second kappa shape index (κ2) is 7.89. The van der Waals surface area contributed by atoms with Crippen molar-refractivity contribution in [2.24, 2.45) is 0 Å². The molecular formula is C12H16ClNO4. The van der Waals surface area contributed by atoms with Gasteiger partial charge in [-0.15, -0.1) is 11.6 Å². The molecule has 0 spiro atoms. The highest BCUT2D eigenvalue weighted by molar-refractivity contribution is 6.17. The van der Waals surface area contributed by atoms with Gasteiger partial charge in [0.25, 0.3) is 0 Å². The standard InChI is InChI=1S/C12H16ClNO4/c1-2-5-17-6-7-18-12-8-10(9-13)3-4-11(12)14(15)16/h3-4,8H,2,5-7,9H2,1H3. The van der Waals surface area contributed by atoms with Crippen LogP contribution in [0.5, 0.6) is 5.75 Å². The molecule has 5 nitrogen and oxygen atoms in total. The maximum atomic E-state index is 10.8. The second-order valence-corrected chi connectivity index (χ2v) is 3.92. The molecule has 0 bridgehead atoms. The predicted octanol–water partition coefficient (Wildman–Crippen LogP) is 3.14. The first kappa shape index (κ1) is 14.7. The van der Waals surface area contributed by atoms with Crippen molar-refractivity contribution in [3.8, 4) is 5.75 Å². The van der Waals surface area contributed by atoms with Crippen molar-refractivity contribution in [2.75, 3.05) is 19.8 Å². The van der Waals surface area contributed by atoms with Crippen LogP contribution < -0.4 is 4.74 Å². The lowest BCUT2D eigenvalue weighted by Gasteiger charge is -2.08. The zero-order chi connectivity index (χ0) is 13.4. The van der Waals surface area contributed by atoms with E-state index in [2.05, 4.69) is 0 Å². The first-order valence-electron chi connectivity index (χ1n) is 5.72. The van der Waals surface area contributed by atoms with Crippen molar-refractivity contribution in [1.29, 1.82) is 0 Å². The van der Waals surface area contributed by atoms with Crippen LogP contribution in [-0.2, 0) is 10.6 Å². The number of alkyl halides is 1.